The van der Waals surface area contributed by atoms with Crippen LogP contribution in [0.15, 0.2) is 36.7 Å². The first kappa shape index (κ1) is 28.2. The molecule has 2 atom stereocenters. The van der Waals surface area contributed by atoms with Gasteiger partial charge in [-0.1, -0.05) is 29.3 Å². The number of nitrogens with one attached hydrogen (secondary N) is 2. The summed E-state index contributed by atoms with van der Waals surface area (Å²) in [6, 6.07) is 6.28. The molecule has 0 radical (unpaired) electrons. The van der Waals surface area contributed by atoms with Gasteiger partial charge in [-0.2, -0.15) is 13.2 Å². The fourth-order valence-corrected chi connectivity index (χ4v) is 4.83. The van der Waals surface area contributed by atoms with Crippen molar-refractivity contribution in [1.82, 2.24) is 20.5 Å². The normalized spacial score (nSPS) is 16.4. The van der Waals surface area contributed by atoms with Crippen LogP contribution < -0.4 is 10.6 Å². The van der Waals surface area contributed by atoms with E-state index in [0.29, 0.717) is 22.6 Å². The maximum absolute atomic E-state index is 14.0. The molecule has 36 heavy (non-hydrogen) atoms. The van der Waals surface area contributed by atoms with E-state index in [-0.39, 0.29) is 42.8 Å². The Balaban J connectivity index is 1.71. The molecule has 1 aromatic heterocycles. The number of carbonyl (C=O) groups excluding carboxylic acids is 2. The molecule has 6 nitrogen and oxygen atoms in total. The molecule has 0 unspecified atom stereocenters. The van der Waals surface area contributed by atoms with Crippen molar-refractivity contribution in [3.05, 3.63) is 63.4 Å². The first-order valence-electron chi connectivity index (χ1n) is 11.5. The Morgan fingerprint density at radius 3 is 2.39 bits per heavy atom. The van der Waals surface area contributed by atoms with Gasteiger partial charge in [0.05, 0.1) is 10.4 Å². The molecule has 0 aliphatic heterocycles. The predicted octanol–water partition coefficient (Wildman–Crippen LogP) is 4.85. The summed E-state index contributed by atoms with van der Waals surface area (Å²) in [4.78, 5) is 30.6. The van der Waals surface area contributed by atoms with Crippen LogP contribution in [0.3, 0.4) is 0 Å². The molecule has 0 spiro atoms. The van der Waals surface area contributed by atoms with Crippen LogP contribution in [0.2, 0.25) is 10.0 Å². The summed E-state index contributed by atoms with van der Waals surface area (Å²) < 4.78 is 41.9. The first-order chi connectivity index (χ1) is 16.9. The van der Waals surface area contributed by atoms with Crippen LogP contribution in [-0.4, -0.2) is 61.6 Å². The fraction of sp³-hybridized carbons (Fsp3) is 0.480. The standard InChI is InChI=1S/C25H29Cl2F3N4O2/c1-31-23(36)16-5-4-15(21(27)10-16)9-19(34(2)3)14-33-22(35)11-20(17-8-18(26)13-32-12-17)24(6-7-24)25(28,29)30/h4-5,8,10,12-13,19-20H,6-7,9,11,14H2,1-3H3,(H,31,36)(H,33,35)/t19-,20+/m0/s1. The molecule has 1 aliphatic rings. The third-order valence-electron chi connectivity index (χ3n) is 6.80. The molecule has 0 bridgehead atoms. The second-order valence-electron chi connectivity index (χ2n) is 9.36. The number of hydrogen-bond acceptors (Lipinski definition) is 4. The van der Waals surface area contributed by atoms with Gasteiger partial charge in [0.25, 0.3) is 5.91 Å². The quantitative estimate of drug-likeness (QED) is 0.448. The number of aromatic nitrogens is 1. The summed E-state index contributed by atoms with van der Waals surface area (Å²) >= 11 is 12.4. The van der Waals surface area contributed by atoms with Crippen molar-refractivity contribution >= 4 is 35.0 Å². The van der Waals surface area contributed by atoms with Gasteiger partial charge in [-0.25, -0.2) is 0 Å². The fourth-order valence-electron chi connectivity index (χ4n) is 4.39. The van der Waals surface area contributed by atoms with Gasteiger partial charge in [-0.15, -0.1) is 0 Å². The van der Waals surface area contributed by atoms with E-state index in [2.05, 4.69) is 15.6 Å². The second kappa shape index (κ2) is 11.4. The minimum absolute atomic E-state index is 0.0359. The molecule has 1 fully saturated rings. The third kappa shape index (κ3) is 6.49. The molecule has 1 aromatic carbocycles. The second-order valence-corrected chi connectivity index (χ2v) is 10.2. The first-order valence-corrected chi connectivity index (χ1v) is 12.2. The van der Waals surface area contributed by atoms with E-state index in [4.69, 9.17) is 23.2 Å². The molecule has 0 saturated heterocycles. The number of amides is 2. The number of rotatable bonds is 10. The lowest BCUT2D eigenvalue weighted by Crippen LogP contribution is -2.42. The molecule has 2 amide bonds. The summed E-state index contributed by atoms with van der Waals surface area (Å²) in [5.74, 6) is -1.81. The van der Waals surface area contributed by atoms with E-state index in [1.165, 1.54) is 25.5 Å². The molecule has 1 heterocycles. The molecule has 11 heteroatoms. The average molecular weight is 545 g/mol. The summed E-state index contributed by atoms with van der Waals surface area (Å²) in [5.41, 5.74) is -0.424. The van der Waals surface area contributed by atoms with E-state index in [1.54, 1.807) is 18.2 Å². The molecule has 196 valence electrons. The van der Waals surface area contributed by atoms with E-state index in [0.717, 1.165) is 5.56 Å². The Labute approximate surface area is 218 Å². The topological polar surface area (TPSA) is 74.3 Å². The Morgan fingerprint density at radius 1 is 1.17 bits per heavy atom. The number of hydrogen-bond donors (Lipinski definition) is 2. The third-order valence-corrected chi connectivity index (χ3v) is 7.36. The molecule has 3 rings (SSSR count). The van der Waals surface area contributed by atoms with Crippen molar-refractivity contribution in [2.24, 2.45) is 5.41 Å². The lowest BCUT2D eigenvalue weighted by Gasteiger charge is -2.30. The van der Waals surface area contributed by atoms with Gasteiger partial charge in [0, 0.05) is 55.0 Å². The maximum atomic E-state index is 14.0. The van der Waals surface area contributed by atoms with Crippen LogP contribution >= 0.6 is 23.2 Å². The number of nitrogens with zero attached hydrogens (tertiary/aromatic N) is 2. The Morgan fingerprint density at radius 2 is 1.86 bits per heavy atom. The lowest BCUT2D eigenvalue weighted by molar-refractivity contribution is -0.194. The molecule has 1 saturated carbocycles. The minimum Gasteiger partial charge on any atom is -0.355 e. The predicted molar refractivity (Wildman–Crippen MR) is 133 cm³/mol. The molecular formula is C25H29Cl2F3N4O2. The zero-order chi connectivity index (χ0) is 26.7. The summed E-state index contributed by atoms with van der Waals surface area (Å²) in [5, 5.41) is 5.98. The van der Waals surface area contributed by atoms with Gasteiger partial charge < -0.3 is 15.5 Å². The molecule has 2 N–H and O–H groups in total. The molecule has 1 aliphatic carbocycles. The average Bonchev–Trinajstić information content (AvgIpc) is 3.62. The number of carbonyl (C=O) groups is 2. The van der Waals surface area contributed by atoms with Crippen LogP contribution in [0, 0.1) is 5.41 Å². The SMILES string of the molecule is CNC(=O)c1ccc(C[C@@H](CNC(=O)C[C@H](c2cncc(Cl)c2)C2(C(F)(F)F)CC2)N(C)C)c(Cl)c1. The maximum Gasteiger partial charge on any atom is 0.395 e. The smallest absolute Gasteiger partial charge is 0.355 e. The van der Waals surface area contributed by atoms with E-state index in [9.17, 15) is 22.8 Å². The van der Waals surface area contributed by atoms with E-state index >= 15 is 0 Å². The monoisotopic (exact) mass is 544 g/mol. The van der Waals surface area contributed by atoms with Crippen LogP contribution in [-0.2, 0) is 11.2 Å². The largest absolute Gasteiger partial charge is 0.395 e. The highest BCUT2D eigenvalue weighted by Gasteiger charge is 2.67. The lowest BCUT2D eigenvalue weighted by atomic mass is 9.80. The van der Waals surface area contributed by atoms with Crippen LogP contribution in [0.5, 0.6) is 0 Å². The van der Waals surface area contributed by atoms with E-state index < -0.39 is 23.4 Å². The van der Waals surface area contributed by atoms with Crippen molar-refractivity contribution in [2.45, 2.75) is 43.8 Å². The number of alkyl halides is 3. The van der Waals surface area contributed by atoms with Gasteiger partial charge in [-0.05, 0) is 62.7 Å². The highest BCUT2D eigenvalue weighted by Crippen LogP contribution is 2.66. The Bertz CT molecular complexity index is 1110. The zero-order valence-electron chi connectivity index (χ0n) is 20.3. The van der Waals surface area contributed by atoms with Crippen molar-refractivity contribution < 1.29 is 22.8 Å². The highest BCUT2D eigenvalue weighted by molar-refractivity contribution is 6.31. The minimum atomic E-state index is -4.44. The van der Waals surface area contributed by atoms with Gasteiger partial charge >= 0.3 is 6.18 Å². The van der Waals surface area contributed by atoms with Gasteiger partial charge in [0.1, 0.15) is 0 Å². The van der Waals surface area contributed by atoms with Crippen LogP contribution in [0.25, 0.3) is 0 Å². The summed E-state index contributed by atoms with van der Waals surface area (Å²) in [6.07, 6.45) is -1.68. The van der Waals surface area contributed by atoms with Crippen molar-refractivity contribution in [2.75, 3.05) is 27.7 Å². The Hall–Kier alpha value is -2.36. The number of pyridine rings is 1. The van der Waals surface area contributed by atoms with Gasteiger partial charge in [0.2, 0.25) is 5.91 Å². The van der Waals surface area contributed by atoms with Crippen molar-refractivity contribution in [3.63, 3.8) is 0 Å². The Kier molecular flexibility index (Phi) is 8.90. The number of halogens is 5. The van der Waals surface area contributed by atoms with Crippen molar-refractivity contribution in [1.29, 1.82) is 0 Å². The van der Waals surface area contributed by atoms with Crippen molar-refractivity contribution in [3.8, 4) is 0 Å². The number of likely N-dealkylation sites (N-methyl/N-ethyl adjacent to an activating group) is 1. The van der Waals surface area contributed by atoms with Crippen LogP contribution in [0.1, 0.15) is 46.7 Å². The molecular weight excluding hydrogens is 516 g/mol. The van der Waals surface area contributed by atoms with E-state index in [1.807, 2.05) is 19.0 Å². The van der Waals surface area contributed by atoms with Crippen LogP contribution in [0.4, 0.5) is 13.2 Å². The number of benzene rings is 1. The molecule has 2 aromatic rings. The highest BCUT2D eigenvalue weighted by atomic mass is 35.5. The summed E-state index contributed by atoms with van der Waals surface area (Å²) in [6.45, 7) is 0.207. The zero-order valence-corrected chi connectivity index (χ0v) is 21.8. The van der Waals surface area contributed by atoms with Gasteiger partial charge in [-0.3, -0.25) is 14.6 Å². The van der Waals surface area contributed by atoms with Gasteiger partial charge in [0.15, 0.2) is 0 Å². The summed E-state index contributed by atoms with van der Waals surface area (Å²) in [7, 11) is 5.21.